The Kier molecular flexibility index (Phi) is 7.05. The molecule has 2 aromatic rings. The van der Waals surface area contributed by atoms with Crippen molar-refractivity contribution in [3.05, 3.63) is 47.8 Å². The van der Waals surface area contributed by atoms with Gasteiger partial charge in [0.05, 0.1) is 12.3 Å². The van der Waals surface area contributed by atoms with E-state index in [-0.39, 0.29) is 18.3 Å². The van der Waals surface area contributed by atoms with Gasteiger partial charge in [-0.2, -0.15) is 0 Å². The Hall–Kier alpha value is -3.22. The van der Waals surface area contributed by atoms with Gasteiger partial charge >= 0.3 is 6.09 Å². The number of hydrogen-bond donors (Lipinski definition) is 2. The molecule has 0 atom stereocenters. The van der Waals surface area contributed by atoms with Crippen LogP contribution >= 0.6 is 0 Å². The molecule has 142 valence electrons. The minimum atomic E-state index is -0.612. The number of alkyl carbamates (subject to hydrolysis) is 1. The lowest BCUT2D eigenvalue weighted by Crippen LogP contribution is -2.36. The highest BCUT2D eigenvalue weighted by molar-refractivity contribution is 6.09. The number of guanidine groups is 1. The van der Waals surface area contributed by atoms with E-state index in [0.29, 0.717) is 17.7 Å². The maximum atomic E-state index is 12.6. The van der Waals surface area contributed by atoms with Gasteiger partial charge in [-0.05, 0) is 43.2 Å². The lowest BCUT2D eigenvalue weighted by Gasteiger charge is -2.17. The van der Waals surface area contributed by atoms with Crippen LogP contribution in [0.4, 0.5) is 10.5 Å². The minimum Gasteiger partial charge on any atom is -0.450 e. The molecule has 0 unspecified atom stereocenters. The molecular weight excluding hydrogens is 344 g/mol. The summed E-state index contributed by atoms with van der Waals surface area (Å²) in [5.74, 6) is 0.189. The Balaban J connectivity index is 2.43. The van der Waals surface area contributed by atoms with Crippen molar-refractivity contribution < 1.29 is 14.3 Å². The molecule has 1 amide bonds. The van der Waals surface area contributed by atoms with Crippen LogP contribution in [0, 0.1) is 6.92 Å². The average Bonchev–Trinajstić information content (AvgIpc) is 2.68. The molecule has 0 saturated carbocycles. The Labute approximate surface area is 158 Å². The molecule has 27 heavy (non-hydrogen) atoms. The van der Waals surface area contributed by atoms with Gasteiger partial charge in [0.2, 0.25) is 5.96 Å². The van der Waals surface area contributed by atoms with Crippen LogP contribution in [0.15, 0.2) is 41.7 Å². The van der Waals surface area contributed by atoms with E-state index in [1.807, 2.05) is 38.1 Å². The van der Waals surface area contributed by atoms with Crippen molar-refractivity contribution in [3.63, 3.8) is 0 Å². The predicted molar refractivity (Wildman–Crippen MR) is 106 cm³/mol. The topological polar surface area (TPSA) is 92.7 Å². The third-order valence-corrected chi connectivity index (χ3v) is 3.91. The molecule has 0 aliphatic heterocycles. The number of aliphatic imine (C=N–C) groups is 1. The summed E-state index contributed by atoms with van der Waals surface area (Å²) in [4.78, 5) is 32.4. The summed E-state index contributed by atoms with van der Waals surface area (Å²) in [5.41, 5.74) is 3.80. The standard InChI is InChI=1S/C20H24N4O3/c1-5-17(25)16-11-15(14-8-7-9-22-12-14)10-13(3)18(16)23-19(21-4)24-20(26)27-6-2/h7-12H,5-6H2,1-4H3,(H2,21,23,24,26). The van der Waals surface area contributed by atoms with Gasteiger partial charge in [-0.1, -0.05) is 13.0 Å². The van der Waals surface area contributed by atoms with Crippen molar-refractivity contribution in [3.8, 4) is 11.1 Å². The number of carbonyl (C=O) groups excluding carboxylic acids is 2. The molecule has 1 aromatic heterocycles. The molecule has 7 nitrogen and oxygen atoms in total. The van der Waals surface area contributed by atoms with E-state index in [4.69, 9.17) is 4.74 Å². The van der Waals surface area contributed by atoms with Crippen LogP contribution in [0.1, 0.15) is 36.2 Å². The number of benzene rings is 1. The molecule has 1 aromatic carbocycles. The number of aryl methyl sites for hydroxylation is 1. The molecule has 0 bridgehead atoms. The number of carbonyl (C=O) groups is 2. The molecule has 0 fully saturated rings. The van der Waals surface area contributed by atoms with E-state index in [1.165, 1.54) is 7.05 Å². The number of hydrogen-bond acceptors (Lipinski definition) is 5. The fourth-order valence-corrected chi connectivity index (χ4v) is 2.59. The second kappa shape index (κ2) is 9.47. The van der Waals surface area contributed by atoms with Crippen molar-refractivity contribution in [2.24, 2.45) is 4.99 Å². The summed E-state index contributed by atoms with van der Waals surface area (Å²) in [6.45, 7) is 5.67. The van der Waals surface area contributed by atoms with Gasteiger partial charge in [0.15, 0.2) is 5.78 Å². The van der Waals surface area contributed by atoms with Crippen LogP contribution in [0.2, 0.25) is 0 Å². The Morgan fingerprint density at radius 3 is 2.59 bits per heavy atom. The smallest absolute Gasteiger partial charge is 0.413 e. The number of amides is 1. The second-order valence-electron chi connectivity index (χ2n) is 5.78. The summed E-state index contributed by atoms with van der Waals surface area (Å²) in [5, 5.41) is 5.58. The maximum Gasteiger partial charge on any atom is 0.413 e. The zero-order chi connectivity index (χ0) is 19.8. The molecule has 0 aliphatic carbocycles. The van der Waals surface area contributed by atoms with E-state index >= 15 is 0 Å². The van der Waals surface area contributed by atoms with E-state index in [9.17, 15) is 9.59 Å². The fourth-order valence-electron chi connectivity index (χ4n) is 2.59. The first-order valence-corrected chi connectivity index (χ1v) is 8.75. The number of ether oxygens (including phenoxy) is 1. The minimum absolute atomic E-state index is 0.0158. The van der Waals surface area contributed by atoms with Crippen LogP contribution < -0.4 is 10.6 Å². The Morgan fingerprint density at radius 2 is 2.00 bits per heavy atom. The summed E-state index contributed by atoms with van der Waals surface area (Å²) in [6.07, 6.45) is 3.20. The molecule has 1 heterocycles. The molecule has 0 spiro atoms. The van der Waals surface area contributed by atoms with Crippen LogP contribution in [-0.4, -0.2) is 36.5 Å². The number of pyridine rings is 1. The van der Waals surface area contributed by atoms with E-state index in [2.05, 4.69) is 20.6 Å². The number of Topliss-reactive ketones (excluding diaryl/α,β-unsaturated/α-hetero) is 1. The van der Waals surface area contributed by atoms with Crippen molar-refractivity contribution in [1.29, 1.82) is 0 Å². The summed E-state index contributed by atoms with van der Waals surface area (Å²) in [6, 6.07) is 7.58. The van der Waals surface area contributed by atoms with Crippen molar-refractivity contribution in [2.75, 3.05) is 19.0 Å². The normalized spacial score (nSPS) is 11.0. The number of nitrogens with one attached hydrogen (secondary N) is 2. The fraction of sp³-hybridized carbons (Fsp3) is 0.300. The van der Waals surface area contributed by atoms with Crippen molar-refractivity contribution in [2.45, 2.75) is 27.2 Å². The predicted octanol–water partition coefficient (Wildman–Crippen LogP) is 3.79. The highest BCUT2D eigenvalue weighted by atomic mass is 16.5. The number of rotatable bonds is 5. The van der Waals surface area contributed by atoms with Gasteiger partial charge in [-0.25, -0.2) is 4.79 Å². The SMILES string of the molecule is CCOC(=O)NC(=NC)Nc1c(C)cc(-c2cccnc2)cc1C(=O)CC. The lowest BCUT2D eigenvalue weighted by molar-refractivity contribution is 0.0989. The van der Waals surface area contributed by atoms with E-state index < -0.39 is 6.09 Å². The monoisotopic (exact) mass is 368 g/mol. The summed E-state index contributed by atoms with van der Waals surface area (Å²) in [7, 11) is 1.54. The van der Waals surface area contributed by atoms with Crippen LogP contribution in [0.5, 0.6) is 0 Å². The van der Waals surface area contributed by atoms with Gasteiger partial charge in [0.1, 0.15) is 0 Å². The van der Waals surface area contributed by atoms with E-state index in [1.54, 1.807) is 19.3 Å². The van der Waals surface area contributed by atoms with Gasteiger partial charge in [-0.15, -0.1) is 0 Å². The quantitative estimate of drug-likeness (QED) is 0.476. The largest absolute Gasteiger partial charge is 0.450 e. The number of anilines is 1. The first-order chi connectivity index (χ1) is 13.0. The summed E-state index contributed by atoms with van der Waals surface area (Å²) >= 11 is 0. The lowest BCUT2D eigenvalue weighted by atomic mass is 9.96. The van der Waals surface area contributed by atoms with Gasteiger partial charge in [0.25, 0.3) is 0 Å². The Morgan fingerprint density at radius 1 is 1.22 bits per heavy atom. The molecule has 0 saturated heterocycles. The van der Waals surface area contributed by atoms with Crippen LogP contribution in [-0.2, 0) is 4.74 Å². The molecule has 0 radical (unpaired) electrons. The average molecular weight is 368 g/mol. The zero-order valence-corrected chi connectivity index (χ0v) is 16.0. The third-order valence-electron chi connectivity index (χ3n) is 3.91. The first kappa shape index (κ1) is 20.1. The van der Waals surface area contributed by atoms with Gasteiger partial charge in [0, 0.05) is 37.0 Å². The number of ketones is 1. The number of nitrogens with zero attached hydrogens (tertiary/aromatic N) is 2. The maximum absolute atomic E-state index is 12.6. The van der Waals surface area contributed by atoms with Crippen LogP contribution in [0.3, 0.4) is 0 Å². The van der Waals surface area contributed by atoms with E-state index in [0.717, 1.165) is 16.7 Å². The number of aromatic nitrogens is 1. The van der Waals surface area contributed by atoms with Crippen LogP contribution in [0.25, 0.3) is 11.1 Å². The molecule has 2 N–H and O–H groups in total. The van der Waals surface area contributed by atoms with Crippen molar-refractivity contribution in [1.82, 2.24) is 10.3 Å². The zero-order valence-electron chi connectivity index (χ0n) is 16.0. The highest BCUT2D eigenvalue weighted by Crippen LogP contribution is 2.29. The van der Waals surface area contributed by atoms with Gasteiger partial charge < -0.3 is 10.1 Å². The molecule has 7 heteroatoms. The summed E-state index contributed by atoms with van der Waals surface area (Å²) < 4.78 is 4.87. The third kappa shape index (κ3) is 5.13. The highest BCUT2D eigenvalue weighted by Gasteiger charge is 2.17. The Bertz CT molecular complexity index is 848. The molecule has 2 rings (SSSR count). The van der Waals surface area contributed by atoms with Crippen molar-refractivity contribution >= 4 is 23.5 Å². The molecular formula is C20H24N4O3. The second-order valence-corrected chi connectivity index (χ2v) is 5.78. The first-order valence-electron chi connectivity index (χ1n) is 8.75. The molecule has 0 aliphatic rings. The van der Waals surface area contributed by atoms with Gasteiger partial charge in [-0.3, -0.25) is 20.1 Å².